The maximum atomic E-state index is 12.4. The number of rotatable bonds is 8. The van der Waals surface area contributed by atoms with Crippen LogP contribution < -0.4 is 10.1 Å². The lowest BCUT2D eigenvalue weighted by Crippen LogP contribution is -2.43. The number of thiocarbonyl (C=S) groups is 1. The summed E-state index contributed by atoms with van der Waals surface area (Å²) in [5.41, 5.74) is 0.609. The zero-order valence-electron chi connectivity index (χ0n) is 16.0. The zero-order valence-corrected chi connectivity index (χ0v) is 16.8. The second kappa shape index (κ2) is 11.9. The smallest absolute Gasteiger partial charge is 0.257 e. The molecule has 0 spiro atoms. The number of ether oxygens (including phenoxy) is 1. The largest absolute Gasteiger partial charge is 0.494 e. The van der Waals surface area contributed by atoms with Gasteiger partial charge >= 0.3 is 0 Å². The maximum absolute atomic E-state index is 12.4. The van der Waals surface area contributed by atoms with Crippen molar-refractivity contribution in [3.8, 4) is 5.75 Å². The van der Waals surface area contributed by atoms with Crippen LogP contribution in [-0.2, 0) is 0 Å². The molecular weight excluding hydrogens is 344 g/mol. The summed E-state index contributed by atoms with van der Waals surface area (Å²) in [4.78, 5) is 14.5. The molecule has 1 N–H and O–H groups in total. The van der Waals surface area contributed by atoms with Gasteiger partial charge in [-0.1, -0.05) is 45.4 Å². The van der Waals surface area contributed by atoms with Crippen LogP contribution in [0, 0.1) is 0 Å². The van der Waals surface area contributed by atoms with E-state index in [9.17, 15) is 4.79 Å². The summed E-state index contributed by atoms with van der Waals surface area (Å²) >= 11 is 5.41. The van der Waals surface area contributed by atoms with E-state index in [0.29, 0.717) is 10.7 Å². The van der Waals surface area contributed by atoms with Crippen LogP contribution in [0.3, 0.4) is 0 Å². The highest BCUT2D eigenvalue weighted by Gasteiger charge is 2.15. The van der Waals surface area contributed by atoms with Crippen LogP contribution in [0.2, 0.25) is 0 Å². The lowest BCUT2D eigenvalue weighted by Gasteiger charge is -2.23. The van der Waals surface area contributed by atoms with Crippen molar-refractivity contribution in [3.05, 3.63) is 29.8 Å². The average Bonchev–Trinajstić information content (AvgIpc) is 2.94. The molecule has 1 aromatic rings. The van der Waals surface area contributed by atoms with Gasteiger partial charge in [0.05, 0.1) is 6.61 Å². The SMILES string of the molecule is CCCCCCCOc1ccc(C(=O)NC(=S)N2CCCCCC2)cc1. The molecule has 144 valence electrons. The molecule has 2 rings (SSSR count). The van der Waals surface area contributed by atoms with Crippen LogP contribution in [0.5, 0.6) is 5.75 Å². The van der Waals surface area contributed by atoms with Crippen LogP contribution >= 0.6 is 12.2 Å². The van der Waals surface area contributed by atoms with Gasteiger partial charge in [0.25, 0.3) is 5.91 Å². The highest BCUT2D eigenvalue weighted by molar-refractivity contribution is 7.80. The topological polar surface area (TPSA) is 41.6 Å². The second-order valence-electron chi connectivity index (χ2n) is 6.95. The first-order chi connectivity index (χ1) is 12.7. The van der Waals surface area contributed by atoms with Crippen molar-refractivity contribution in [3.63, 3.8) is 0 Å². The summed E-state index contributed by atoms with van der Waals surface area (Å²) in [5.74, 6) is 0.664. The van der Waals surface area contributed by atoms with Crippen molar-refractivity contribution >= 4 is 23.2 Å². The van der Waals surface area contributed by atoms with Crippen molar-refractivity contribution in [1.82, 2.24) is 10.2 Å². The van der Waals surface area contributed by atoms with E-state index in [1.54, 1.807) is 12.1 Å². The molecule has 0 radical (unpaired) electrons. The summed E-state index contributed by atoms with van der Waals surface area (Å²) < 4.78 is 5.75. The van der Waals surface area contributed by atoms with Crippen LogP contribution in [0.25, 0.3) is 0 Å². The summed E-state index contributed by atoms with van der Waals surface area (Å²) in [6, 6.07) is 7.31. The zero-order chi connectivity index (χ0) is 18.6. The van der Waals surface area contributed by atoms with Gasteiger partial charge in [-0.25, -0.2) is 0 Å². The Bertz CT molecular complexity index is 552. The number of likely N-dealkylation sites (tertiary alicyclic amines) is 1. The Hall–Kier alpha value is -1.62. The number of amides is 1. The molecule has 0 unspecified atom stereocenters. The van der Waals surface area contributed by atoms with Crippen molar-refractivity contribution in [2.75, 3.05) is 19.7 Å². The lowest BCUT2D eigenvalue weighted by molar-refractivity contribution is 0.0973. The summed E-state index contributed by atoms with van der Waals surface area (Å²) in [7, 11) is 0. The average molecular weight is 377 g/mol. The highest BCUT2D eigenvalue weighted by Crippen LogP contribution is 2.14. The molecule has 1 aliphatic rings. The van der Waals surface area contributed by atoms with Gasteiger partial charge in [0.15, 0.2) is 5.11 Å². The molecule has 0 aliphatic carbocycles. The number of carbonyl (C=O) groups excluding carboxylic acids is 1. The van der Waals surface area contributed by atoms with Crippen LogP contribution in [0.15, 0.2) is 24.3 Å². The molecule has 1 heterocycles. The van der Waals surface area contributed by atoms with Gasteiger partial charge in [0.2, 0.25) is 0 Å². The Kier molecular flexibility index (Phi) is 9.46. The third kappa shape index (κ3) is 7.32. The second-order valence-corrected chi connectivity index (χ2v) is 7.33. The van der Waals surface area contributed by atoms with E-state index in [1.165, 1.54) is 38.5 Å². The van der Waals surface area contributed by atoms with Crippen molar-refractivity contribution in [2.45, 2.75) is 64.7 Å². The number of nitrogens with one attached hydrogen (secondary N) is 1. The minimum Gasteiger partial charge on any atom is -0.494 e. The minimum absolute atomic E-state index is 0.148. The first kappa shape index (κ1) is 20.7. The Balaban J connectivity index is 1.74. The Labute approximate surface area is 163 Å². The number of carbonyl (C=O) groups is 1. The highest BCUT2D eigenvalue weighted by atomic mass is 32.1. The fraction of sp³-hybridized carbons (Fsp3) is 0.619. The molecule has 1 saturated heterocycles. The summed E-state index contributed by atoms with van der Waals surface area (Å²) in [6.45, 7) is 4.82. The van der Waals surface area contributed by atoms with E-state index in [4.69, 9.17) is 17.0 Å². The molecule has 4 nitrogen and oxygen atoms in total. The first-order valence-corrected chi connectivity index (χ1v) is 10.4. The summed E-state index contributed by atoms with van der Waals surface area (Å²) in [5, 5.41) is 3.41. The molecule has 0 bridgehead atoms. The fourth-order valence-electron chi connectivity index (χ4n) is 3.12. The molecule has 1 fully saturated rings. The fourth-order valence-corrected chi connectivity index (χ4v) is 3.40. The molecule has 1 aliphatic heterocycles. The molecule has 0 atom stereocenters. The van der Waals surface area contributed by atoms with Crippen LogP contribution in [-0.4, -0.2) is 35.6 Å². The van der Waals surface area contributed by atoms with Crippen LogP contribution in [0.1, 0.15) is 75.1 Å². The Morgan fingerprint density at radius 1 is 1.04 bits per heavy atom. The Morgan fingerprint density at radius 2 is 1.69 bits per heavy atom. The quantitative estimate of drug-likeness (QED) is 0.516. The van der Waals surface area contributed by atoms with E-state index >= 15 is 0 Å². The maximum Gasteiger partial charge on any atom is 0.257 e. The molecular formula is C21H32N2O2S. The van der Waals surface area contributed by atoms with E-state index < -0.39 is 0 Å². The van der Waals surface area contributed by atoms with Gasteiger partial charge in [0.1, 0.15) is 5.75 Å². The number of benzene rings is 1. The molecule has 0 saturated carbocycles. The third-order valence-electron chi connectivity index (χ3n) is 4.75. The Morgan fingerprint density at radius 3 is 2.35 bits per heavy atom. The molecule has 26 heavy (non-hydrogen) atoms. The predicted molar refractivity (Wildman–Crippen MR) is 111 cm³/mol. The normalized spacial score (nSPS) is 14.6. The van der Waals surface area contributed by atoms with E-state index in [-0.39, 0.29) is 5.91 Å². The molecule has 1 aromatic carbocycles. The number of hydrogen-bond acceptors (Lipinski definition) is 3. The van der Waals surface area contributed by atoms with Crippen molar-refractivity contribution in [1.29, 1.82) is 0 Å². The standard InChI is InChI=1S/C21H32N2O2S/c1-2-3-4-7-10-17-25-19-13-11-18(12-14-19)20(24)22-21(26)23-15-8-5-6-9-16-23/h11-14H,2-10,15-17H2,1H3,(H,22,24,26). The van der Waals surface area contributed by atoms with Gasteiger partial charge in [-0.05, 0) is 55.7 Å². The van der Waals surface area contributed by atoms with Gasteiger partial charge < -0.3 is 9.64 Å². The monoisotopic (exact) mass is 376 g/mol. The van der Waals surface area contributed by atoms with Gasteiger partial charge in [-0.2, -0.15) is 0 Å². The predicted octanol–water partition coefficient (Wildman–Crippen LogP) is 4.93. The summed E-state index contributed by atoms with van der Waals surface area (Å²) in [6.07, 6.45) is 10.9. The van der Waals surface area contributed by atoms with Crippen molar-refractivity contribution < 1.29 is 9.53 Å². The van der Waals surface area contributed by atoms with Crippen molar-refractivity contribution in [2.24, 2.45) is 0 Å². The third-order valence-corrected chi connectivity index (χ3v) is 5.11. The number of nitrogens with zero attached hydrogens (tertiary/aromatic N) is 1. The molecule has 1 amide bonds. The number of unbranched alkanes of at least 4 members (excludes halogenated alkanes) is 4. The first-order valence-electron chi connectivity index (χ1n) is 10.0. The molecule has 5 heteroatoms. The van der Waals surface area contributed by atoms with E-state index in [2.05, 4.69) is 17.1 Å². The van der Waals surface area contributed by atoms with E-state index in [0.717, 1.165) is 44.7 Å². The van der Waals surface area contributed by atoms with Crippen LogP contribution in [0.4, 0.5) is 0 Å². The van der Waals surface area contributed by atoms with Gasteiger partial charge in [-0.3, -0.25) is 10.1 Å². The molecule has 0 aromatic heterocycles. The van der Waals surface area contributed by atoms with Gasteiger partial charge in [0, 0.05) is 18.7 Å². The van der Waals surface area contributed by atoms with Gasteiger partial charge in [-0.15, -0.1) is 0 Å². The lowest BCUT2D eigenvalue weighted by atomic mass is 10.2. The number of hydrogen-bond donors (Lipinski definition) is 1. The minimum atomic E-state index is -0.148. The van der Waals surface area contributed by atoms with E-state index in [1.807, 2.05) is 12.1 Å².